The third kappa shape index (κ3) is 5.83. The predicted octanol–water partition coefficient (Wildman–Crippen LogP) is 4.24. The van der Waals surface area contributed by atoms with E-state index in [1.807, 2.05) is 0 Å². The second kappa shape index (κ2) is 9.38. The number of thioether (sulfide) groups is 1. The summed E-state index contributed by atoms with van der Waals surface area (Å²) < 4.78 is 11.0. The molecule has 3 aromatic rings. The van der Waals surface area contributed by atoms with Crippen molar-refractivity contribution in [2.45, 2.75) is 18.8 Å². The molecule has 0 radical (unpaired) electrons. The maximum Gasteiger partial charge on any atom is 0.277 e. The van der Waals surface area contributed by atoms with E-state index >= 15 is 0 Å². The summed E-state index contributed by atoms with van der Waals surface area (Å²) in [7, 11) is 0. The fraction of sp³-hybridized carbons (Fsp3) is 0.158. The molecule has 9 heteroatoms. The molecule has 1 aromatic heterocycles. The maximum absolute atomic E-state index is 12.1. The first-order valence-corrected chi connectivity index (χ1v) is 9.60. The second-order valence-corrected chi connectivity index (χ2v) is 7.04. The molecule has 0 unspecified atom stereocenters. The normalized spacial score (nSPS) is 10.5. The zero-order chi connectivity index (χ0) is 19.9. The number of carbonyl (C=O) groups excluding carboxylic acids is 2. The number of nitrogens with zero attached hydrogens (tertiary/aromatic N) is 2. The van der Waals surface area contributed by atoms with Crippen LogP contribution in [0.1, 0.15) is 23.2 Å². The molecule has 144 valence electrons. The minimum Gasteiger partial charge on any atom is -0.484 e. The van der Waals surface area contributed by atoms with E-state index in [0.717, 1.165) is 11.8 Å². The van der Waals surface area contributed by atoms with Crippen LogP contribution in [0.15, 0.2) is 58.2 Å². The molecule has 0 spiro atoms. The fourth-order valence-corrected chi connectivity index (χ4v) is 2.88. The number of halogens is 1. The zero-order valence-electron chi connectivity index (χ0n) is 14.8. The van der Waals surface area contributed by atoms with Crippen LogP contribution in [-0.4, -0.2) is 27.6 Å². The molecule has 28 heavy (non-hydrogen) atoms. The number of aromatic nitrogens is 2. The van der Waals surface area contributed by atoms with Gasteiger partial charge in [0.15, 0.2) is 12.4 Å². The first-order valence-electron chi connectivity index (χ1n) is 8.24. The van der Waals surface area contributed by atoms with E-state index in [1.54, 1.807) is 48.5 Å². The summed E-state index contributed by atoms with van der Waals surface area (Å²) >= 11 is 6.93. The van der Waals surface area contributed by atoms with Crippen LogP contribution in [0, 0.1) is 0 Å². The van der Waals surface area contributed by atoms with Gasteiger partial charge in [-0.15, -0.1) is 10.2 Å². The molecule has 0 saturated carbocycles. The molecule has 0 atom stereocenters. The van der Waals surface area contributed by atoms with Crippen molar-refractivity contribution in [3.63, 3.8) is 0 Å². The van der Waals surface area contributed by atoms with E-state index in [4.69, 9.17) is 20.8 Å². The second-order valence-electron chi connectivity index (χ2n) is 5.68. The molecule has 3 rings (SSSR count). The Morgan fingerprint density at radius 3 is 2.71 bits per heavy atom. The molecule has 1 heterocycles. The number of hydrogen-bond donors (Lipinski definition) is 1. The van der Waals surface area contributed by atoms with Crippen LogP contribution in [0.5, 0.6) is 5.75 Å². The molecule has 7 nitrogen and oxygen atoms in total. The van der Waals surface area contributed by atoms with Crippen molar-refractivity contribution in [1.29, 1.82) is 0 Å². The summed E-state index contributed by atoms with van der Waals surface area (Å²) in [4.78, 5) is 23.5. The lowest BCUT2D eigenvalue weighted by atomic mass is 10.1. The van der Waals surface area contributed by atoms with E-state index in [9.17, 15) is 9.59 Å². The topological polar surface area (TPSA) is 94.3 Å². The van der Waals surface area contributed by atoms with E-state index in [0.29, 0.717) is 27.9 Å². The lowest BCUT2D eigenvalue weighted by Gasteiger charge is -2.05. The first kappa shape index (κ1) is 19.9. The fourth-order valence-electron chi connectivity index (χ4n) is 2.17. The van der Waals surface area contributed by atoms with Gasteiger partial charge in [-0.1, -0.05) is 35.5 Å². The number of amides is 1. The highest BCUT2D eigenvalue weighted by Gasteiger charge is 2.11. The average molecular weight is 418 g/mol. The van der Waals surface area contributed by atoms with Crippen molar-refractivity contribution in [2.24, 2.45) is 0 Å². The summed E-state index contributed by atoms with van der Waals surface area (Å²) in [6, 6.07) is 13.7. The van der Waals surface area contributed by atoms with Crippen molar-refractivity contribution in [3.05, 3.63) is 65.0 Å². The molecule has 0 bridgehead atoms. The number of benzene rings is 2. The quantitative estimate of drug-likeness (QED) is 0.432. The van der Waals surface area contributed by atoms with Crippen molar-refractivity contribution >= 4 is 40.7 Å². The predicted molar refractivity (Wildman–Crippen MR) is 106 cm³/mol. The van der Waals surface area contributed by atoms with Gasteiger partial charge in [-0.2, -0.15) is 0 Å². The Bertz CT molecular complexity index is 975. The number of anilines is 1. The molecule has 2 aromatic carbocycles. The third-order valence-electron chi connectivity index (χ3n) is 3.50. The molecule has 1 amide bonds. The van der Waals surface area contributed by atoms with Gasteiger partial charge < -0.3 is 14.5 Å². The van der Waals surface area contributed by atoms with Gasteiger partial charge >= 0.3 is 0 Å². The Kier molecular flexibility index (Phi) is 6.67. The van der Waals surface area contributed by atoms with Crippen molar-refractivity contribution in [2.75, 3.05) is 11.1 Å². The Labute approximate surface area is 170 Å². The zero-order valence-corrected chi connectivity index (χ0v) is 16.4. The average Bonchev–Trinajstić information content (AvgIpc) is 3.14. The Morgan fingerprint density at radius 2 is 1.96 bits per heavy atom. The molecule has 0 aliphatic carbocycles. The summed E-state index contributed by atoms with van der Waals surface area (Å²) in [5, 5.41) is 11.4. The van der Waals surface area contributed by atoms with Crippen LogP contribution in [0.25, 0.3) is 0 Å². The van der Waals surface area contributed by atoms with E-state index < -0.39 is 0 Å². The number of Topliss-reactive ketones (excluding diaryl/α,β-unsaturated/α-hetero) is 1. The lowest BCUT2D eigenvalue weighted by Crippen LogP contribution is -2.14. The van der Waals surface area contributed by atoms with Gasteiger partial charge in [0.05, 0.1) is 5.75 Å². The number of ketones is 1. The van der Waals surface area contributed by atoms with E-state index in [-0.39, 0.29) is 29.3 Å². The van der Waals surface area contributed by atoms with Crippen LogP contribution in [0.3, 0.4) is 0 Å². The highest BCUT2D eigenvalue weighted by molar-refractivity contribution is 7.99. The molecule has 0 saturated heterocycles. The largest absolute Gasteiger partial charge is 0.484 e. The van der Waals surface area contributed by atoms with Crippen LogP contribution in [-0.2, 0) is 11.4 Å². The van der Waals surface area contributed by atoms with Crippen molar-refractivity contribution < 1.29 is 18.7 Å². The van der Waals surface area contributed by atoms with Gasteiger partial charge in [0.1, 0.15) is 5.75 Å². The lowest BCUT2D eigenvalue weighted by molar-refractivity contribution is -0.113. The highest BCUT2D eigenvalue weighted by atomic mass is 35.5. The number of ether oxygens (including phenoxy) is 1. The Morgan fingerprint density at radius 1 is 1.18 bits per heavy atom. The third-order valence-corrected chi connectivity index (χ3v) is 4.57. The van der Waals surface area contributed by atoms with Gasteiger partial charge in [-0.3, -0.25) is 9.59 Å². The minimum absolute atomic E-state index is 0.0651. The monoisotopic (exact) mass is 417 g/mol. The van der Waals surface area contributed by atoms with Gasteiger partial charge in [0, 0.05) is 16.3 Å². The van der Waals surface area contributed by atoms with Crippen LogP contribution in [0.2, 0.25) is 5.02 Å². The number of nitrogens with one attached hydrogen (secondary N) is 1. The number of hydrogen-bond acceptors (Lipinski definition) is 7. The van der Waals surface area contributed by atoms with Gasteiger partial charge in [-0.25, -0.2) is 0 Å². The highest BCUT2D eigenvalue weighted by Crippen LogP contribution is 2.20. The van der Waals surface area contributed by atoms with Gasteiger partial charge in [-0.05, 0) is 43.3 Å². The first-order chi connectivity index (χ1) is 13.5. The molecule has 0 aliphatic rings. The number of rotatable bonds is 8. The number of carbonyl (C=O) groups is 2. The molecule has 1 N–H and O–H groups in total. The molecule has 0 fully saturated rings. The van der Waals surface area contributed by atoms with Gasteiger partial charge in [0.25, 0.3) is 11.1 Å². The summed E-state index contributed by atoms with van der Waals surface area (Å²) in [5.41, 5.74) is 1.09. The Balaban J connectivity index is 1.47. The van der Waals surface area contributed by atoms with Gasteiger partial charge in [0.2, 0.25) is 5.91 Å². The van der Waals surface area contributed by atoms with Crippen molar-refractivity contribution in [1.82, 2.24) is 10.2 Å². The molecule has 0 aliphatic heterocycles. The summed E-state index contributed by atoms with van der Waals surface area (Å²) in [5.74, 6) is 0.702. The standard InChI is InChI=1S/C19H16ClN3O4S/c1-12(24)13-3-2-4-15(9-13)21-17(25)11-28-19-23-22-18(27-19)10-26-16-7-5-14(20)6-8-16/h2-9H,10-11H2,1H3,(H,21,25). The van der Waals surface area contributed by atoms with Crippen LogP contribution >= 0.6 is 23.4 Å². The summed E-state index contributed by atoms with van der Waals surface area (Å²) in [6.45, 7) is 1.58. The summed E-state index contributed by atoms with van der Waals surface area (Å²) in [6.07, 6.45) is 0. The van der Waals surface area contributed by atoms with E-state index in [1.165, 1.54) is 6.92 Å². The van der Waals surface area contributed by atoms with Crippen LogP contribution < -0.4 is 10.1 Å². The maximum atomic E-state index is 12.1. The molecular formula is C19H16ClN3O4S. The smallest absolute Gasteiger partial charge is 0.277 e. The Hall–Kier alpha value is -2.84. The van der Waals surface area contributed by atoms with E-state index in [2.05, 4.69) is 15.5 Å². The van der Waals surface area contributed by atoms with Crippen LogP contribution in [0.4, 0.5) is 5.69 Å². The SMILES string of the molecule is CC(=O)c1cccc(NC(=O)CSc2nnc(COc3ccc(Cl)cc3)o2)c1. The van der Waals surface area contributed by atoms with Crippen molar-refractivity contribution in [3.8, 4) is 5.75 Å². The molecular weight excluding hydrogens is 402 g/mol. The minimum atomic E-state index is -0.247.